The number of hydrogen-bond acceptors (Lipinski definition) is 2. The zero-order valence-electron chi connectivity index (χ0n) is 11.8. The normalized spacial score (nSPS) is 22.7. The van der Waals surface area contributed by atoms with Gasteiger partial charge < -0.3 is 14.6 Å². The largest absolute Gasteiger partial charge is 0.376 e. The smallest absolute Gasteiger partial charge is 0.0754 e. The molecule has 3 nitrogen and oxygen atoms in total. The second-order valence-corrected chi connectivity index (χ2v) is 6.11. The first-order valence-electron chi connectivity index (χ1n) is 7.82. The van der Waals surface area contributed by atoms with E-state index < -0.39 is 0 Å². The molecule has 1 saturated heterocycles. The van der Waals surface area contributed by atoms with Crippen molar-refractivity contribution in [1.29, 1.82) is 0 Å². The molecule has 106 valence electrons. The Kier molecular flexibility index (Phi) is 3.25. The van der Waals surface area contributed by atoms with E-state index in [0.29, 0.717) is 6.10 Å². The van der Waals surface area contributed by atoms with E-state index in [0.717, 1.165) is 25.7 Å². The first-order chi connectivity index (χ1) is 9.90. The van der Waals surface area contributed by atoms with Crippen LogP contribution in [-0.2, 0) is 17.8 Å². The molecule has 1 aromatic heterocycles. The predicted octanol–water partition coefficient (Wildman–Crippen LogP) is 3.07. The molecule has 1 aromatic carbocycles. The molecule has 2 aromatic rings. The van der Waals surface area contributed by atoms with Gasteiger partial charge in [-0.25, -0.2) is 0 Å². The van der Waals surface area contributed by atoms with Gasteiger partial charge in [-0.15, -0.1) is 0 Å². The molecule has 1 atom stereocenters. The molecule has 2 heterocycles. The lowest BCUT2D eigenvalue weighted by Crippen LogP contribution is -2.15. The number of ether oxygens (including phenoxy) is 1. The Bertz CT molecular complexity index is 594. The van der Waals surface area contributed by atoms with Crippen molar-refractivity contribution in [2.45, 2.75) is 50.9 Å². The standard InChI is InChI=1S/C17H22N2O/c1-3-13(11-18-14-6-7-14)16-8-9-19(17(16)5-1)12-15-4-2-10-20-15/h1,3,5,8-9,14-15,18H,2,4,6-7,10-12H2. The molecule has 0 amide bonds. The quantitative estimate of drug-likeness (QED) is 0.903. The zero-order valence-corrected chi connectivity index (χ0v) is 11.8. The predicted molar refractivity (Wildman–Crippen MR) is 80.8 cm³/mol. The number of nitrogens with zero attached hydrogens (tertiary/aromatic N) is 1. The van der Waals surface area contributed by atoms with Crippen LogP contribution in [0.4, 0.5) is 0 Å². The van der Waals surface area contributed by atoms with Gasteiger partial charge in [-0.05, 0) is 43.4 Å². The number of fused-ring (bicyclic) bond motifs is 1. The van der Waals surface area contributed by atoms with Gasteiger partial charge in [0.05, 0.1) is 6.10 Å². The van der Waals surface area contributed by atoms with Crippen LogP contribution in [0, 0.1) is 0 Å². The Morgan fingerprint density at radius 1 is 1.20 bits per heavy atom. The van der Waals surface area contributed by atoms with E-state index in [1.807, 2.05) is 0 Å². The molecular formula is C17H22N2O. The maximum Gasteiger partial charge on any atom is 0.0754 e. The summed E-state index contributed by atoms with van der Waals surface area (Å²) in [5.74, 6) is 0. The monoisotopic (exact) mass is 270 g/mol. The summed E-state index contributed by atoms with van der Waals surface area (Å²) < 4.78 is 8.11. The van der Waals surface area contributed by atoms with Crippen molar-refractivity contribution in [2.24, 2.45) is 0 Å². The molecule has 0 spiro atoms. The first kappa shape index (κ1) is 12.4. The van der Waals surface area contributed by atoms with Gasteiger partial charge in [0.1, 0.15) is 0 Å². The van der Waals surface area contributed by atoms with Gasteiger partial charge in [0, 0.05) is 42.8 Å². The molecule has 1 aliphatic heterocycles. The molecule has 1 aliphatic carbocycles. The average Bonchev–Trinajstić information content (AvgIpc) is 2.99. The van der Waals surface area contributed by atoms with E-state index in [1.165, 1.54) is 42.1 Å². The van der Waals surface area contributed by atoms with E-state index in [4.69, 9.17) is 4.74 Å². The van der Waals surface area contributed by atoms with Crippen LogP contribution in [0.2, 0.25) is 0 Å². The summed E-state index contributed by atoms with van der Waals surface area (Å²) in [6.45, 7) is 2.91. The van der Waals surface area contributed by atoms with Crippen LogP contribution in [0.1, 0.15) is 31.2 Å². The summed E-state index contributed by atoms with van der Waals surface area (Å²) in [7, 11) is 0. The molecule has 0 radical (unpaired) electrons. The Morgan fingerprint density at radius 2 is 2.15 bits per heavy atom. The van der Waals surface area contributed by atoms with Gasteiger partial charge in [-0.2, -0.15) is 0 Å². The molecule has 0 bridgehead atoms. The van der Waals surface area contributed by atoms with Crippen molar-refractivity contribution in [2.75, 3.05) is 6.61 Å². The summed E-state index contributed by atoms with van der Waals surface area (Å²) in [5, 5.41) is 5.00. The lowest BCUT2D eigenvalue weighted by Gasteiger charge is -2.12. The number of benzene rings is 1. The third-order valence-electron chi connectivity index (χ3n) is 4.49. The van der Waals surface area contributed by atoms with E-state index in [9.17, 15) is 0 Å². The summed E-state index contributed by atoms with van der Waals surface area (Å²) >= 11 is 0. The van der Waals surface area contributed by atoms with Crippen LogP contribution < -0.4 is 5.32 Å². The summed E-state index contributed by atoms with van der Waals surface area (Å²) in [6.07, 6.45) is 7.71. The van der Waals surface area contributed by atoms with Gasteiger partial charge in [-0.3, -0.25) is 0 Å². The van der Waals surface area contributed by atoms with Gasteiger partial charge in [0.2, 0.25) is 0 Å². The highest BCUT2D eigenvalue weighted by molar-refractivity contribution is 5.83. The highest BCUT2D eigenvalue weighted by atomic mass is 16.5. The van der Waals surface area contributed by atoms with E-state index >= 15 is 0 Å². The number of aromatic nitrogens is 1. The third kappa shape index (κ3) is 2.48. The van der Waals surface area contributed by atoms with Crippen LogP contribution in [0.15, 0.2) is 30.5 Å². The minimum Gasteiger partial charge on any atom is -0.376 e. The van der Waals surface area contributed by atoms with Crippen molar-refractivity contribution in [3.05, 3.63) is 36.0 Å². The fourth-order valence-corrected chi connectivity index (χ4v) is 3.15. The van der Waals surface area contributed by atoms with Gasteiger partial charge in [0.15, 0.2) is 0 Å². The van der Waals surface area contributed by atoms with Crippen LogP contribution >= 0.6 is 0 Å². The van der Waals surface area contributed by atoms with Crippen molar-refractivity contribution in [1.82, 2.24) is 9.88 Å². The molecule has 20 heavy (non-hydrogen) atoms. The zero-order chi connectivity index (χ0) is 13.4. The van der Waals surface area contributed by atoms with Crippen LogP contribution in [0.5, 0.6) is 0 Å². The fraction of sp³-hybridized carbons (Fsp3) is 0.529. The minimum absolute atomic E-state index is 0.402. The number of hydrogen-bond donors (Lipinski definition) is 1. The van der Waals surface area contributed by atoms with Gasteiger partial charge in [0.25, 0.3) is 0 Å². The fourth-order valence-electron chi connectivity index (χ4n) is 3.15. The van der Waals surface area contributed by atoms with E-state index in [1.54, 1.807) is 0 Å². The Labute approximate surface area is 119 Å². The average molecular weight is 270 g/mol. The van der Waals surface area contributed by atoms with Crippen molar-refractivity contribution in [3.63, 3.8) is 0 Å². The van der Waals surface area contributed by atoms with Crippen LogP contribution in [0.3, 0.4) is 0 Å². The highest BCUT2D eigenvalue weighted by Gasteiger charge is 2.21. The molecule has 1 unspecified atom stereocenters. The molecule has 4 rings (SSSR count). The topological polar surface area (TPSA) is 26.2 Å². The molecular weight excluding hydrogens is 248 g/mol. The van der Waals surface area contributed by atoms with Gasteiger partial charge in [-0.1, -0.05) is 12.1 Å². The van der Waals surface area contributed by atoms with Crippen molar-refractivity contribution >= 4 is 10.9 Å². The first-order valence-corrected chi connectivity index (χ1v) is 7.82. The third-order valence-corrected chi connectivity index (χ3v) is 4.49. The number of nitrogens with one attached hydrogen (secondary N) is 1. The maximum atomic E-state index is 5.76. The SMILES string of the molecule is c1cc(CNC2CC2)c2ccn(CC3CCCO3)c2c1. The molecule has 2 fully saturated rings. The lowest BCUT2D eigenvalue weighted by atomic mass is 10.1. The molecule has 2 aliphatic rings. The maximum absolute atomic E-state index is 5.76. The second kappa shape index (κ2) is 5.23. The molecule has 1 N–H and O–H groups in total. The Morgan fingerprint density at radius 3 is 2.95 bits per heavy atom. The molecule has 1 saturated carbocycles. The lowest BCUT2D eigenvalue weighted by molar-refractivity contribution is 0.0980. The van der Waals surface area contributed by atoms with E-state index in [-0.39, 0.29) is 0 Å². The molecule has 3 heteroatoms. The summed E-state index contributed by atoms with van der Waals surface area (Å²) in [6, 6.07) is 9.67. The summed E-state index contributed by atoms with van der Waals surface area (Å²) in [5.41, 5.74) is 2.76. The van der Waals surface area contributed by atoms with Crippen molar-refractivity contribution < 1.29 is 4.74 Å². The van der Waals surface area contributed by atoms with Crippen LogP contribution in [-0.4, -0.2) is 23.3 Å². The summed E-state index contributed by atoms with van der Waals surface area (Å²) in [4.78, 5) is 0. The Hall–Kier alpha value is -1.32. The Balaban J connectivity index is 1.57. The van der Waals surface area contributed by atoms with Gasteiger partial charge >= 0.3 is 0 Å². The minimum atomic E-state index is 0.402. The van der Waals surface area contributed by atoms with Crippen LogP contribution in [0.25, 0.3) is 10.9 Å². The number of rotatable bonds is 5. The highest BCUT2D eigenvalue weighted by Crippen LogP contribution is 2.24. The second-order valence-electron chi connectivity index (χ2n) is 6.11. The van der Waals surface area contributed by atoms with Crippen molar-refractivity contribution in [3.8, 4) is 0 Å². The van der Waals surface area contributed by atoms with E-state index in [2.05, 4.69) is 40.3 Å².